The van der Waals surface area contributed by atoms with Crippen LogP contribution in [-0.4, -0.2) is 40.7 Å². The monoisotopic (exact) mass is 674 g/mol. The summed E-state index contributed by atoms with van der Waals surface area (Å²) >= 11 is 3.02. The molecule has 4 rings (SSSR count). The quantitative estimate of drug-likeness (QED) is 0.0935. The summed E-state index contributed by atoms with van der Waals surface area (Å²) in [5.74, 6) is 1.38. The number of rotatable bonds is 11. The van der Waals surface area contributed by atoms with E-state index in [9.17, 15) is 19.7 Å². The van der Waals surface area contributed by atoms with Gasteiger partial charge in [-0.1, -0.05) is 12.1 Å². The zero-order valence-corrected chi connectivity index (χ0v) is 25.1. The van der Waals surface area contributed by atoms with Crippen molar-refractivity contribution in [2.24, 2.45) is 0 Å². The number of carbonyl (C=O) groups is 2. The van der Waals surface area contributed by atoms with Crippen molar-refractivity contribution in [1.29, 1.82) is 0 Å². The van der Waals surface area contributed by atoms with E-state index in [0.717, 1.165) is 37.8 Å². The number of thioether (sulfide) groups is 1. The van der Waals surface area contributed by atoms with E-state index in [2.05, 4.69) is 22.6 Å². The highest BCUT2D eigenvalue weighted by Crippen LogP contribution is 2.38. The number of non-ortho nitro benzene ring substituents is 1. The van der Waals surface area contributed by atoms with E-state index in [1.54, 1.807) is 24.3 Å². The van der Waals surface area contributed by atoms with Crippen molar-refractivity contribution < 1.29 is 28.7 Å². The molecule has 208 valence electrons. The van der Waals surface area contributed by atoms with Gasteiger partial charge in [0.15, 0.2) is 11.5 Å². The molecular weight excluding hydrogens is 647 g/mol. The number of aryl methyl sites for hydroxylation is 2. The van der Waals surface area contributed by atoms with Crippen molar-refractivity contribution in [2.75, 3.05) is 19.8 Å². The number of nitro benzene ring substituents is 1. The van der Waals surface area contributed by atoms with Gasteiger partial charge in [0, 0.05) is 12.1 Å². The lowest BCUT2D eigenvalue weighted by Gasteiger charge is -2.15. The van der Waals surface area contributed by atoms with Crippen molar-refractivity contribution in [1.82, 2.24) is 4.90 Å². The largest absolute Gasteiger partial charge is 0.491 e. The van der Waals surface area contributed by atoms with Crippen LogP contribution >= 0.6 is 34.4 Å². The summed E-state index contributed by atoms with van der Waals surface area (Å²) in [5.41, 5.74) is 3.52. The van der Waals surface area contributed by atoms with Crippen LogP contribution in [0, 0.1) is 27.5 Å². The van der Waals surface area contributed by atoms with Gasteiger partial charge in [0.2, 0.25) is 0 Å². The number of benzene rings is 3. The van der Waals surface area contributed by atoms with Gasteiger partial charge in [-0.2, -0.15) is 0 Å². The molecule has 0 saturated carbocycles. The second kappa shape index (κ2) is 13.2. The number of amides is 2. The Hall–Kier alpha value is -3.58. The zero-order valence-electron chi connectivity index (χ0n) is 22.1. The van der Waals surface area contributed by atoms with Crippen LogP contribution in [0.5, 0.6) is 17.2 Å². The van der Waals surface area contributed by atoms with E-state index in [-0.39, 0.29) is 36.6 Å². The molecule has 0 unspecified atom stereocenters. The SMILES string of the molecule is CCOc1cc(/C=C2\SC(=O)N(CCOc3cc(C)ccc3C)C2=O)cc(I)c1OCc1ccc([N+](=O)[O-])cc1. The second-order valence-corrected chi connectivity index (χ2v) is 11.1. The Balaban J connectivity index is 1.45. The Labute approximate surface area is 249 Å². The lowest BCUT2D eigenvalue weighted by atomic mass is 10.1. The molecule has 0 radical (unpaired) electrons. The molecule has 1 aliphatic heterocycles. The first-order valence-corrected chi connectivity index (χ1v) is 14.3. The summed E-state index contributed by atoms with van der Waals surface area (Å²) in [6.45, 7) is 6.70. The molecule has 1 aliphatic rings. The van der Waals surface area contributed by atoms with E-state index >= 15 is 0 Å². The summed E-state index contributed by atoms with van der Waals surface area (Å²) in [7, 11) is 0. The average molecular weight is 675 g/mol. The fraction of sp³-hybridized carbons (Fsp3) is 0.241. The van der Waals surface area contributed by atoms with Gasteiger partial charge in [-0.05, 0) is 114 Å². The van der Waals surface area contributed by atoms with Crippen LogP contribution in [0.15, 0.2) is 59.5 Å². The van der Waals surface area contributed by atoms with Crippen LogP contribution in [0.2, 0.25) is 0 Å². The summed E-state index contributed by atoms with van der Waals surface area (Å²) in [5, 5.41) is 10.5. The maximum Gasteiger partial charge on any atom is 0.293 e. The number of nitro groups is 1. The predicted molar refractivity (Wildman–Crippen MR) is 162 cm³/mol. The van der Waals surface area contributed by atoms with E-state index in [1.165, 1.54) is 17.0 Å². The third kappa shape index (κ3) is 7.13. The first kappa shape index (κ1) is 29.4. The van der Waals surface area contributed by atoms with Crippen molar-refractivity contribution >= 4 is 57.3 Å². The summed E-state index contributed by atoms with van der Waals surface area (Å²) < 4.78 is 18.4. The minimum atomic E-state index is -0.450. The first-order valence-electron chi connectivity index (χ1n) is 12.4. The molecule has 0 aromatic heterocycles. The second-order valence-electron chi connectivity index (χ2n) is 8.93. The summed E-state index contributed by atoms with van der Waals surface area (Å²) in [4.78, 5) is 37.6. The average Bonchev–Trinajstić information content (AvgIpc) is 3.17. The van der Waals surface area contributed by atoms with Gasteiger partial charge in [0.1, 0.15) is 19.0 Å². The Morgan fingerprint density at radius 3 is 2.45 bits per heavy atom. The molecule has 0 atom stereocenters. The topological polar surface area (TPSA) is 108 Å². The van der Waals surface area contributed by atoms with Crippen LogP contribution in [0.25, 0.3) is 6.08 Å². The Bertz CT molecular complexity index is 1470. The van der Waals surface area contributed by atoms with Crippen LogP contribution in [0.3, 0.4) is 0 Å². The predicted octanol–water partition coefficient (Wildman–Crippen LogP) is 6.91. The highest BCUT2D eigenvalue weighted by atomic mass is 127. The first-order chi connectivity index (χ1) is 19.2. The fourth-order valence-electron chi connectivity index (χ4n) is 3.90. The van der Waals surface area contributed by atoms with Crippen molar-refractivity contribution in [3.05, 3.63) is 95.4 Å². The molecule has 1 heterocycles. The van der Waals surface area contributed by atoms with Gasteiger partial charge >= 0.3 is 0 Å². The van der Waals surface area contributed by atoms with Crippen molar-refractivity contribution in [2.45, 2.75) is 27.4 Å². The van der Waals surface area contributed by atoms with Gasteiger partial charge < -0.3 is 14.2 Å². The molecule has 0 spiro atoms. The molecule has 0 bridgehead atoms. The molecular formula is C29H27IN2O7S. The van der Waals surface area contributed by atoms with E-state index in [4.69, 9.17) is 14.2 Å². The molecule has 3 aromatic carbocycles. The van der Waals surface area contributed by atoms with Gasteiger partial charge in [0.25, 0.3) is 16.8 Å². The molecule has 9 nitrogen and oxygen atoms in total. The van der Waals surface area contributed by atoms with Gasteiger partial charge in [-0.3, -0.25) is 24.6 Å². The number of ether oxygens (including phenoxy) is 3. The third-order valence-corrected chi connectivity index (χ3v) is 7.66. The van der Waals surface area contributed by atoms with Crippen LogP contribution in [0.4, 0.5) is 10.5 Å². The van der Waals surface area contributed by atoms with Crippen LogP contribution < -0.4 is 14.2 Å². The standard InChI is InChI=1S/C29H27IN2O7S/c1-4-37-25-15-21(14-23(30)27(25)39-17-20-7-9-22(10-8-20)32(35)36)16-26-28(33)31(29(34)40-26)11-12-38-24-13-18(2)5-6-19(24)3/h5-10,13-16H,4,11-12,17H2,1-3H3/b26-16-. The number of halogens is 1. The molecule has 0 aliphatic carbocycles. The number of imide groups is 1. The van der Waals surface area contributed by atoms with Gasteiger partial charge in [-0.15, -0.1) is 0 Å². The summed E-state index contributed by atoms with van der Waals surface area (Å²) in [6.07, 6.45) is 1.67. The zero-order chi connectivity index (χ0) is 28.8. The molecule has 40 heavy (non-hydrogen) atoms. The van der Waals surface area contributed by atoms with Crippen molar-refractivity contribution in [3.8, 4) is 17.2 Å². The number of nitrogens with zero attached hydrogens (tertiary/aromatic N) is 2. The molecule has 11 heteroatoms. The molecule has 0 N–H and O–H groups in total. The Morgan fingerprint density at radius 1 is 1.00 bits per heavy atom. The van der Waals surface area contributed by atoms with E-state index < -0.39 is 4.92 Å². The minimum Gasteiger partial charge on any atom is -0.491 e. The Morgan fingerprint density at radius 2 is 1.75 bits per heavy atom. The number of carbonyl (C=O) groups excluding carboxylic acids is 2. The minimum absolute atomic E-state index is 0.0102. The van der Waals surface area contributed by atoms with E-state index in [1.807, 2.05) is 45.0 Å². The van der Waals surface area contributed by atoms with Crippen molar-refractivity contribution in [3.63, 3.8) is 0 Å². The highest BCUT2D eigenvalue weighted by Gasteiger charge is 2.35. The maximum atomic E-state index is 13.0. The maximum absolute atomic E-state index is 13.0. The Kier molecular flexibility index (Phi) is 9.69. The van der Waals surface area contributed by atoms with Gasteiger partial charge in [0.05, 0.1) is 26.6 Å². The molecule has 3 aromatic rings. The summed E-state index contributed by atoms with van der Waals surface area (Å²) in [6, 6.07) is 15.6. The fourth-order valence-corrected chi connectivity index (χ4v) is 5.54. The number of hydrogen-bond acceptors (Lipinski definition) is 8. The normalized spacial score (nSPS) is 14.1. The lowest BCUT2D eigenvalue weighted by molar-refractivity contribution is -0.384. The molecule has 1 saturated heterocycles. The van der Waals surface area contributed by atoms with E-state index in [0.29, 0.717) is 28.6 Å². The third-order valence-electron chi connectivity index (χ3n) is 5.95. The van der Waals surface area contributed by atoms with Crippen LogP contribution in [-0.2, 0) is 11.4 Å². The van der Waals surface area contributed by atoms with Gasteiger partial charge in [-0.25, -0.2) is 0 Å². The molecule has 1 fully saturated rings. The van der Waals surface area contributed by atoms with Crippen LogP contribution in [0.1, 0.15) is 29.2 Å². The number of hydrogen-bond donors (Lipinski definition) is 0. The molecule has 2 amide bonds. The highest BCUT2D eigenvalue weighted by molar-refractivity contribution is 14.1. The lowest BCUT2D eigenvalue weighted by Crippen LogP contribution is -2.32. The smallest absolute Gasteiger partial charge is 0.293 e.